The molecule has 0 saturated heterocycles. The second-order valence-corrected chi connectivity index (χ2v) is 5.18. The van der Waals surface area contributed by atoms with Gasteiger partial charge < -0.3 is 0 Å². The molecule has 1 amide bonds. The van der Waals surface area contributed by atoms with Gasteiger partial charge >= 0.3 is 0 Å². The van der Waals surface area contributed by atoms with Crippen LogP contribution < -0.4 is 5.43 Å². The van der Waals surface area contributed by atoms with E-state index in [1.807, 2.05) is 0 Å². The summed E-state index contributed by atoms with van der Waals surface area (Å²) >= 11 is 0. The molecule has 16 heavy (non-hydrogen) atoms. The summed E-state index contributed by atoms with van der Waals surface area (Å²) in [5, 5.41) is 4.30. The van der Waals surface area contributed by atoms with E-state index in [0.29, 0.717) is 12.3 Å². The van der Waals surface area contributed by atoms with Crippen LogP contribution in [0.1, 0.15) is 58.3 Å². The minimum Gasteiger partial charge on any atom is -0.273 e. The fraction of sp³-hybridized carbons (Fsp3) is 0.846. The average Bonchev–Trinajstić information content (AvgIpc) is 2.88. The third kappa shape index (κ3) is 2.83. The smallest absolute Gasteiger partial charge is 0.240 e. The van der Waals surface area contributed by atoms with Gasteiger partial charge in [0.25, 0.3) is 0 Å². The Labute approximate surface area is 97.7 Å². The summed E-state index contributed by atoms with van der Waals surface area (Å²) in [4.78, 5) is 11.5. The maximum atomic E-state index is 11.5. The molecule has 0 aliphatic heterocycles. The van der Waals surface area contributed by atoms with Crippen molar-refractivity contribution >= 4 is 11.6 Å². The number of carbonyl (C=O) groups is 1. The van der Waals surface area contributed by atoms with Gasteiger partial charge in [0.15, 0.2) is 0 Å². The van der Waals surface area contributed by atoms with Crippen LogP contribution in [-0.4, -0.2) is 11.6 Å². The Kier molecular flexibility index (Phi) is 3.97. The second-order valence-electron chi connectivity index (χ2n) is 5.18. The van der Waals surface area contributed by atoms with E-state index in [9.17, 15) is 4.79 Å². The highest BCUT2D eigenvalue weighted by atomic mass is 16.2. The molecule has 2 rings (SSSR count). The monoisotopic (exact) mass is 222 g/mol. The summed E-state index contributed by atoms with van der Waals surface area (Å²) in [5.41, 5.74) is 3.97. The average molecular weight is 222 g/mol. The van der Waals surface area contributed by atoms with Gasteiger partial charge in [0.2, 0.25) is 5.91 Å². The van der Waals surface area contributed by atoms with Crippen molar-refractivity contribution < 1.29 is 4.79 Å². The maximum absolute atomic E-state index is 11.5. The van der Waals surface area contributed by atoms with Crippen molar-refractivity contribution in [1.29, 1.82) is 0 Å². The van der Waals surface area contributed by atoms with Crippen LogP contribution in [0.4, 0.5) is 0 Å². The SMILES string of the molecule is CCCCCC(=O)NN=C1CC2CCC1C2. The van der Waals surface area contributed by atoms with Crippen molar-refractivity contribution in [2.75, 3.05) is 0 Å². The number of hydrogen-bond donors (Lipinski definition) is 1. The van der Waals surface area contributed by atoms with E-state index in [2.05, 4.69) is 17.5 Å². The normalized spacial score (nSPS) is 29.9. The number of nitrogens with zero attached hydrogens (tertiary/aromatic N) is 1. The highest BCUT2D eigenvalue weighted by molar-refractivity contribution is 5.90. The summed E-state index contributed by atoms with van der Waals surface area (Å²) < 4.78 is 0. The Bertz CT molecular complexity index is 286. The lowest BCUT2D eigenvalue weighted by Gasteiger charge is -2.11. The number of unbranched alkanes of at least 4 members (excludes halogenated alkanes) is 2. The predicted molar refractivity (Wildman–Crippen MR) is 65.2 cm³/mol. The molecule has 0 radical (unpaired) electrons. The number of hydrogen-bond acceptors (Lipinski definition) is 2. The molecule has 2 aliphatic carbocycles. The summed E-state index contributed by atoms with van der Waals surface area (Å²) in [6.45, 7) is 2.15. The van der Waals surface area contributed by atoms with E-state index in [1.165, 1.54) is 25.0 Å². The zero-order valence-corrected chi connectivity index (χ0v) is 10.2. The van der Waals surface area contributed by atoms with E-state index in [4.69, 9.17) is 0 Å². The highest BCUT2D eigenvalue weighted by Gasteiger charge is 2.36. The topological polar surface area (TPSA) is 41.5 Å². The molecule has 1 N–H and O–H groups in total. The van der Waals surface area contributed by atoms with Crippen molar-refractivity contribution in [3.63, 3.8) is 0 Å². The molecule has 3 nitrogen and oxygen atoms in total. The van der Waals surface area contributed by atoms with Gasteiger partial charge in [0.1, 0.15) is 0 Å². The summed E-state index contributed by atoms with van der Waals surface area (Å²) in [6.07, 6.45) is 8.99. The first-order valence-corrected chi connectivity index (χ1v) is 6.65. The van der Waals surface area contributed by atoms with Crippen molar-refractivity contribution in [3.8, 4) is 0 Å². The van der Waals surface area contributed by atoms with E-state index < -0.39 is 0 Å². The van der Waals surface area contributed by atoms with E-state index in [1.54, 1.807) is 0 Å². The molecule has 0 spiro atoms. The predicted octanol–water partition coefficient (Wildman–Crippen LogP) is 2.86. The van der Waals surface area contributed by atoms with Gasteiger partial charge in [0.05, 0.1) is 0 Å². The molecule has 0 heterocycles. The Morgan fingerprint density at radius 1 is 1.44 bits per heavy atom. The Hall–Kier alpha value is -0.860. The van der Waals surface area contributed by atoms with Crippen LogP contribution in [0, 0.1) is 11.8 Å². The van der Waals surface area contributed by atoms with Crippen molar-refractivity contribution in [2.24, 2.45) is 16.9 Å². The Balaban J connectivity index is 1.70. The van der Waals surface area contributed by atoms with Gasteiger partial charge in [-0.1, -0.05) is 19.8 Å². The number of hydrazone groups is 1. The van der Waals surface area contributed by atoms with Gasteiger partial charge in [-0.2, -0.15) is 5.10 Å². The third-order valence-corrected chi connectivity index (χ3v) is 3.84. The first kappa shape index (κ1) is 11.6. The molecule has 2 aliphatic rings. The van der Waals surface area contributed by atoms with Gasteiger partial charge in [-0.15, -0.1) is 0 Å². The summed E-state index contributed by atoms with van der Waals surface area (Å²) in [5.74, 6) is 1.63. The minimum atomic E-state index is 0.0868. The largest absolute Gasteiger partial charge is 0.273 e. The molecule has 90 valence electrons. The fourth-order valence-electron chi connectivity index (χ4n) is 2.89. The molecule has 2 atom stereocenters. The van der Waals surface area contributed by atoms with Gasteiger partial charge in [-0.25, -0.2) is 5.43 Å². The van der Waals surface area contributed by atoms with Crippen molar-refractivity contribution in [1.82, 2.24) is 5.43 Å². The van der Waals surface area contributed by atoms with Gasteiger partial charge in [-0.05, 0) is 43.9 Å². The zero-order chi connectivity index (χ0) is 11.4. The molecule has 0 aromatic heterocycles. The van der Waals surface area contributed by atoms with E-state index >= 15 is 0 Å². The molecule has 2 saturated carbocycles. The Morgan fingerprint density at radius 3 is 2.94 bits per heavy atom. The summed E-state index contributed by atoms with van der Waals surface area (Å²) in [7, 11) is 0. The van der Waals surface area contributed by atoms with E-state index in [0.717, 1.165) is 31.6 Å². The number of fused-ring (bicyclic) bond motifs is 2. The molecule has 2 fully saturated rings. The molecule has 0 aromatic carbocycles. The molecule has 2 bridgehead atoms. The second kappa shape index (κ2) is 5.46. The summed E-state index contributed by atoms with van der Waals surface area (Å²) in [6, 6.07) is 0. The van der Waals surface area contributed by atoms with Crippen LogP contribution in [-0.2, 0) is 4.79 Å². The quantitative estimate of drug-likeness (QED) is 0.564. The van der Waals surface area contributed by atoms with Crippen LogP contribution in [0.5, 0.6) is 0 Å². The van der Waals surface area contributed by atoms with E-state index in [-0.39, 0.29) is 5.91 Å². The number of nitrogens with one attached hydrogen (secondary N) is 1. The number of carbonyl (C=O) groups excluding carboxylic acids is 1. The molecular formula is C13H22N2O. The van der Waals surface area contributed by atoms with Crippen molar-refractivity contribution in [3.05, 3.63) is 0 Å². The Morgan fingerprint density at radius 2 is 2.31 bits per heavy atom. The lowest BCUT2D eigenvalue weighted by molar-refractivity contribution is -0.121. The number of amides is 1. The van der Waals surface area contributed by atoms with Gasteiger partial charge in [0, 0.05) is 12.1 Å². The molecular weight excluding hydrogens is 200 g/mol. The molecule has 2 unspecified atom stereocenters. The van der Waals surface area contributed by atoms with Crippen LogP contribution in [0.15, 0.2) is 5.10 Å². The molecule has 0 aromatic rings. The standard InChI is InChI=1S/C13H22N2O/c1-2-3-4-5-13(16)15-14-12-9-10-6-7-11(12)8-10/h10-11H,2-9H2,1H3,(H,15,16). The first-order chi connectivity index (χ1) is 7.79. The van der Waals surface area contributed by atoms with Crippen LogP contribution >= 0.6 is 0 Å². The maximum Gasteiger partial charge on any atom is 0.240 e. The van der Waals surface area contributed by atoms with Crippen LogP contribution in [0.25, 0.3) is 0 Å². The lowest BCUT2D eigenvalue weighted by atomic mass is 9.99. The van der Waals surface area contributed by atoms with Crippen molar-refractivity contribution in [2.45, 2.75) is 58.3 Å². The van der Waals surface area contributed by atoms with Crippen LogP contribution in [0.2, 0.25) is 0 Å². The fourth-order valence-corrected chi connectivity index (χ4v) is 2.89. The highest BCUT2D eigenvalue weighted by Crippen LogP contribution is 2.42. The number of rotatable bonds is 5. The molecule has 3 heteroatoms. The van der Waals surface area contributed by atoms with Crippen LogP contribution in [0.3, 0.4) is 0 Å². The van der Waals surface area contributed by atoms with Gasteiger partial charge in [-0.3, -0.25) is 4.79 Å². The third-order valence-electron chi connectivity index (χ3n) is 3.84. The first-order valence-electron chi connectivity index (χ1n) is 6.65. The lowest BCUT2D eigenvalue weighted by Crippen LogP contribution is -2.21. The zero-order valence-electron chi connectivity index (χ0n) is 10.2. The minimum absolute atomic E-state index is 0.0868.